The van der Waals surface area contributed by atoms with Gasteiger partial charge in [-0.15, -0.1) is 10.2 Å². The van der Waals surface area contributed by atoms with E-state index in [1.165, 1.54) is 0 Å². The predicted octanol–water partition coefficient (Wildman–Crippen LogP) is 4.57. The molecule has 5 aromatic heterocycles. The SMILES string of the molecule is Cc1cnc(Nc2ccnn2C)cc1-c1cc2n(c1)C[C@H](CF)n1c-2nnc1C(F)(F)n1cc(Cl)cn1. The molecule has 1 N–H and O–H groups in total. The second kappa shape index (κ2) is 8.47. The number of rotatable bonds is 6. The molecule has 0 saturated heterocycles. The molecule has 0 spiro atoms. The standard InChI is InChI=1S/C23H20ClF3N10/c1-13-8-28-19(31-20-3-4-29-34(20)2)6-17(13)14-5-18-21-32-33-22(23(26,27)36-11-15(24)9-30-36)37(21)16(7-25)12-35(18)10-14/h3-6,8-11,16H,7,12H2,1-2H3,(H,28,31)/t16-/m0/s1. The first-order valence-electron chi connectivity index (χ1n) is 11.3. The summed E-state index contributed by atoms with van der Waals surface area (Å²) in [4.78, 5) is 4.45. The molecule has 5 aromatic rings. The van der Waals surface area contributed by atoms with Crippen LogP contribution in [0.1, 0.15) is 17.4 Å². The van der Waals surface area contributed by atoms with E-state index in [2.05, 4.69) is 30.7 Å². The Labute approximate surface area is 213 Å². The predicted molar refractivity (Wildman–Crippen MR) is 129 cm³/mol. The molecule has 190 valence electrons. The van der Waals surface area contributed by atoms with E-state index >= 15 is 8.78 Å². The van der Waals surface area contributed by atoms with Crippen molar-refractivity contribution in [3.8, 4) is 22.6 Å². The van der Waals surface area contributed by atoms with Crippen LogP contribution >= 0.6 is 11.6 Å². The minimum Gasteiger partial charge on any atom is -0.342 e. The highest BCUT2D eigenvalue weighted by Gasteiger charge is 2.44. The second-order valence-electron chi connectivity index (χ2n) is 8.79. The summed E-state index contributed by atoms with van der Waals surface area (Å²) in [5, 5.41) is 18.8. The number of nitrogens with zero attached hydrogens (tertiary/aromatic N) is 9. The highest BCUT2D eigenvalue weighted by molar-refractivity contribution is 6.30. The van der Waals surface area contributed by atoms with Crippen LogP contribution < -0.4 is 5.32 Å². The lowest BCUT2D eigenvalue weighted by molar-refractivity contribution is -0.0615. The summed E-state index contributed by atoms with van der Waals surface area (Å²) in [6.45, 7) is 1.17. The van der Waals surface area contributed by atoms with Crippen molar-refractivity contribution >= 4 is 23.2 Å². The van der Waals surface area contributed by atoms with Crippen LogP contribution in [0.25, 0.3) is 22.6 Å². The molecule has 6 rings (SSSR count). The number of pyridine rings is 1. The van der Waals surface area contributed by atoms with E-state index in [-0.39, 0.29) is 17.4 Å². The number of halogens is 4. The van der Waals surface area contributed by atoms with E-state index in [4.69, 9.17) is 11.6 Å². The normalized spacial score (nSPS) is 15.0. The molecule has 14 heteroatoms. The Kier molecular flexibility index (Phi) is 5.33. The van der Waals surface area contributed by atoms with Crippen molar-refractivity contribution in [3.63, 3.8) is 0 Å². The molecule has 0 fully saturated rings. The zero-order chi connectivity index (χ0) is 25.9. The van der Waals surface area contributed by atoms with Crippen molar-refractivity contribution in [2.24, 2.45) is 7.05 Å². The lowest BCUT2D eigenvalue weighted by Crippen LogP contribution is -2.33. The Morgan fingerprint density at radius 2 is 2.00 bits per heavy atom. The zero-order valence-electron chi connectivity index (χ0n) is 19.6. The van der Waals surface area contributed by atoms with Crippen LogP contribution in [0.5, 0.6) is 0 Å². The van der Waals surface area contributed by atoms with Gasteiger partial charge in [-0.1, -0.05) is 11.6 Å². The number of hydrogen-bond acceptors (Lipinski definition) is 6. The van der Waals surface area contributed by atoms with Gasteiger partial charge in [0.15, 0.2) is 5.82 Å². The quantitative estimate of drug-likeness (QED) is 0.347. The molecular weight excluding hydrogens is 509 g/mol. The molecule has 1 aliphatic heterocycles. The van der Waals surface area contributed by atoms with Gasteiger partial charge in [0.1, 0.15) is 18.3 Å². The maximum absolute atomic E-state index is 15.3. The smallest absolute Gasteiger partial charge is 0.342 e. The second-order valence-corrected chi connectivity index (χ2v) is 9.22. The third kappa shape index (κ3) is 3.77. The van der Waals surface area contributed by atoms with Crippen LogP contribution in [0.2, 0.25) is 5.02 Å². The van der Waals surface area contributed by atoms with Crippen molar-refractivity contribution in [2.45, 2.75) is 25.6 Å². The largest absolute Gasteiger partial charge is 0.404 e. The van der Waals surface area contributed by atoms with Crippen LogP contribution in [-0.2, 0) is 19.6 Å². The number of fused-ring (bicyclic) bond motifs is 3. The van der Waals surface area contributed by atoms with Gasteiger partial charge in [0.2, 0.25) is 5.82 Å². The van der Waals surface area contributed by atoms with E-state index in [9.17, 15) is 4.39 Å². The van der Waals surface area contributed by atoms with Crippen molar-refractivity contribution in [1.82, 2.24) is 43.9 Å². The summed E-state index contributed by atoms with van der Waals surface area (Å²) in [6, 6.07) is 0.940. The lowest BCUT2D eigenvalue weighted by Gasteiger charge is -2.27. The topological polar surface area (TPSA) is 96.2 Å². The van der Waals surface area contributed by atoms with Crippen LogP contribution in [0.3, 0.4) is 0 Å². The molecule has 0 amide bonds. The third-order valence-corrected chi connectivity index (χ3v) is 6.57. The average Bonchev–Trinajstić information content (AvgIpc) is 3.66. The van der Waals surface area contributed by atoms with Crippen LogP contribution in [0.4, 0.5) is 24.8 Å². The highest BCUT2D eigenvalue weighted by Crippen LogP contribution is 2.40. The van der Waals surface area contributed by atoms with Gasteiger partial charge in [0.05, 0.1) is 35.3 Å². The van der Waals surface area contributed by atoms with Crippen molar-refractivity contribution < 1.29 is 13.2 Å². The molecule has 37 heavy (non-hydrogen) atoms. The molecule has 0 aromatic carbocycles. The van der Waals surface area contributed by atoms with Crippen LogP contribution in [-0.4, -0.2) is 50.6 Å². The van der Waals surface area contributed by atoms with Gasteiger partial charge in [-0.05, 0) is 30.2 Å². The molecule has 0 unspecified atom stereocenters. The maximum atomic E-state index is 15.3. The Morgan fingerprint density at radius 1 is 1.16 bits per heavy atom. The number of aryl methyl sites for hydroxylation is 2. The minimum atomic E-state index is -3.68. The van der Waals surface area contributed by atoms with Gasteiger partial charge in [-0.3, -0.25) is 9.25 Å². The van der Waals surface area contributed by atoms with E-state index in [0.717, 1.165) is 39.5 Å². The fourth-order valence-corrected chi connectivity index (χ4v) is 4.66. The van der Waals surface area contributed by atoms with Crippen molar-refractivity contribution in [1.29, 1.82) is 0 Å². The number of aromatic nitrogens is 9. The summed E-state index contributed by atoms with van der Waals surface area (Å²) in [5.74, 6) is 0.817. The summed E-state index contributed by atoms with van der Waals surface area (Å²) in [6.07, 6.45) is 7.36. The van der Waals surface area contributed by atoms with Crippen LogP contribution in [0.15, 0.2) is 49.2 Å². The number of hydrogen-bond donors (Lipinski definition) is 1. The van der Waals surface area contributed by atoms with Gasteiger partial charge in [-0.25, -0.2) is 14.1 Å². The summed E-state index contributed by atoms with van der Waals surface area (Å²) in [7, 11) is 1.81. The van der Waals surface area contributed by atoms with Crippen LogP contribution in [0, 0.1) is 6.92 Å². The fourth-order valence-electron chi connectivity index (χ4n) is 4.53. The first-order valence-corrected chi connectivity index (χ1v) is 11.7. The molecule has 1 atom stereocenters. The average molecular weight is 529 g/mol. The van der Waals surface area contributed by atoms with Gasteiger partial charge in [0, 0.05) is 37.6 Å². The molecule has 0 radical (unpaired) electrons. The Morgan fingerprint density at radius 3 is 2.70 bits per heavy atom. The van der Waals surface area contributed by atoms with Gasteiger partial charge in [-0.2, -0.15) is 19.0 Å². The first kappa shape index (κ1) is 23.3. The Balaban J connectivity index is 1.41. The molecule has 0 saturated carbocycles. The molecular formula is C23H20ClF3N10. The number of anilines is 2. The first-order chi connectivity index (χ1) is 17.8. The van der Waals surface area contributed by atoms with E-state index in [1.807, 2.05) is 42.9 Å². The number of nitrogens with one attached hydrogen (secondary N) is 1. The van der Waals surface area contributed by atoms with Gasteiger partial charge in [0.25, 0.3) is 0 Å². The summed E-state index contributed by atoms with van der Waals surface area (Å²) >= 11 is 5.79. The Bertz CT molecular complexity index is 1610. The van der Waals surface area contributed by atoms with E-state index in [1.54, 1.807) is 17.1 Å². The lowest BCUT2D eigenvalue weighted by atomic mass is 10.1. The van der Waals surface area contributed by atoms with Gasteiger partial charge < -0.3 is 9.88 Å². The van der Waals surface area contributed by atoms with Crippen molar-refractivity contribution in [3.05, 3.63) is 65.6 Å². The summed E-state index contributed by atoms with van der Waals surface area (Å²) < 4.78 is 49.9. The highest BCUT2D eigenvalue weighted by atomic mass is 35.5. The molecule has 0 bridgehead atoms. The monoisotopic (exact) mass is 528 g/mol. The van der Waals surface area contributed by atoms with Crippen molar-refractivity contribution in [2.75, 3.05) is 12.0 Å². The van der Waals surface area contributed by atoms with Gasteiger partial charge >= 0.3 is 6.05 Å². The minimum absolute atomic E-state index is 0.0450. The maximum Gasteiger partial charge on any atom is 0.404 e. The van der Waals surface area contributed by atoms with E-state index in [0.29, 0.717) is 16.2 Å². The number of alkyl halides is 3. The molecule has 0 aliphatic carbocycles. The molecule has 6 heterocycles. The molecule has 10 nitrogen and oxygen atoms in total. The zero-order valence-corrected chi connectivity index (χ0v) is 20.4. The summed E-state index contributed by atoms with van der Waals surface area (Å²) in [5.41, 5.74) is 3.14. The molecule has 1 aliphatic rings. The fraction of sp³-hybridized carbons (Fsp3) is 0.261. The Hall–Kier alpha value is -4.13. The third-order valence-electron chi connectivity index (χ3n) is 6.37. The van der Waals surface area contributed by atoms with E-state index < -0.39 is 24.6 Å².